The number of nitrogens with one attached hydrogen (secondary N) is 2. The van der Waals surface area contributed by atoms with Crippen molar-refractivity contribution in [2.75, 3.05) is 33.4 Å². The van der Waals surface area contributed by atoms with Crippen molar-refractivity contribution >= 4 is 17.7 Å². The van der Waals surface area contributed by atoms with E-state index in [4.69, 9.17) is 18.9 Å². The van der Waals surface area contributed by atoms with Gasteiger partial charge in [-0.15, -0.1) is 0 Å². The van der Waals surface area contributed by atoms with Crippen LogP contribution >= 0.6 is 0 Å². The Kier molecular flexibility index (Phi) is 7.85. The summed E-state index contributed by atoms with van der Waals surface area (Å²) < 4.78 is 23.2. The molecule has 4 heterocycles. The van der Waals surface area contributed by atoms with Crippen molar-refractivity contribution in [1.29, 1.82) is 0 Å². The number of fused-ring (bicyclic) bond motifs is 8. The topological polar surface area (TPSA) is 115 Å². The van der Waals surface area contributed by atoms with Crippen LogP contribution < -0.4 is 29.6 Å². The smallest absolute Gasteiger partial charge is 0.258 e. The zero-order chi connectivity index (χ0) is 29.1. The lowest BCUT2D eigenvalue weighted by Crippen LogP contribution is -2.58. The number of methoxy groups -OCH3 is 1. The molecule has 0 spiro atoms. The molecule has 4 aliphatic rings. The number of nitrogens with zero attached hydrogens (tertiary/aromatic N) is 1. The van der Waals surface area contributed by atoms with Crippen molar-refractivity contribution in [2.45, 2.75) is 38.0 Å². The minimum Gasteiger partial charge on any atom is -0.493 e. The van der Waals surface area contributed by atoms with Crippen LogP contribution in [0.1, 0.15) is 44.7 Å². The summed E-state index contributed by atoms with van der Waals surface area (Å²) in [6.07, 6.45) is 1.96. The van der Waals surface area contributed by atoms with E-state index in [1.807, 2.05) is 36.4 Å². The van der Waals surface area contributed by atoms with Crippen LogP contribution in [0.3, 0.4) is 0 Å². The summed E-state index contributed by atoms with van der Waals surface area (Å²) >= 11 is 0. The highest BCUT2D eigenvalue weighted by Gasteiger charge is 2.35. The third kappa shape index (κ3) is 5.97. The Hall–Kier alpha value is -4.73. The highest BCUT2D eigenvalue weighted by Crippen LogP contribution is 2.30. The number of likely N-dealkylation sites (tertiary alicyclic amines) is 1. The Bertz CT molecular complexity index is 1490. The third-order valence-electron chi connectivity index (χ3n) is 7.79. The molecular formula is C32H33N3O7. The zero-order valence-corrected chi connectivity index (χ0v) is 23.4. The molecule has 0 aromatic heterocycles. The van der Waals surface area contributed by atoms with Gasteiger partial charge >= 0.3 is 0 Å². The summed E-state index contributed by atoms with van der Waals surface area (Å²) in [6, 6.07) is 17.3. The van der Waals surface area contributed by atoms with Gasteiger partial charge < -0.3 is 34.5 Å². The van der Waals surface area contributed by atoms with E-state index in [-0.39, 0.29) is 42.7 Å². The standard InChI is InChI=1S/C32H33N3O7/c1-39-28-11-6-22-16-29(28)41-19-30(36)33-17-20-4-8-24(9-5-20)42-27-12-13-35(18-25(27)34-31(22)37)32(38)23-7-10-26-21(15-23)3-2-14-40-26/h4-11,15-16,25,27H,2-3,12-14,17-19H2,1H3,(H,33,36)(H,34,37)/t25-,27+/m0/s1. The first-order valence-electron chi connectivity index (χ1n) is 14.2. The molecule has 3 aromatic rings. The van der Waals surface area contributed by atoms with Crippen molar-refractivity contribution in [3.63, 3.8) is 0 Å². The molecule has 0 radical (unpaired) electrons. The first kappa shape index (κ1) is 27.4. The number of benzene rings is 3. The Balaban J connectivity index is 1.27. The number of piperidine rings is 1. The summed E-state index contributed by atoms with van der Waals surface area (Å²) in [5.41, 5.74) is 2.87. The molecule has 2 atom stereocenters. The number of hydrogen-bond donors (Lipinski definition) is 2. The van der Waals surface area contributed by atoms with E-state index in [0.29, 0.717) is 48.7 Å². The average Bonchev–Trinajstić information content (AvgIpc) is 3.03. The maximum Gasteiger partial charge on any atom is 0.258 e. The van der Waals surface area contributed by atoms with Gasteiger partial charge in [0.15, 0.2) is 18.1 Å². The molecule has 1 fully saturated rings. The molecule has 218 valence electrons. The zero-order valence-electron chi connectivity index (χ0n) is 23.4. The van der Waals surface area contributed by atoms with Crippen LogP contribution in [0.4, 0.5) is 0 Å². The van der Waals surface area contributed by atoms with Gasteiger partial charge in [-0.25, -0.2) is 0 Å². The normalized spacial score (nSPS) is 20.4. The molecule has 4 aliphatic heterocycles. The van der Waals surface area contributed by atoms with E-state index < -0.39 is 6.04 Å². The van der Waals surface area contributed by atoms with Crippen LogP contribution in [-0.2, 0) is 17.8 Å². The minimum atomic E-state index is -0.485. The molecule has 4 bridgehead atoms. The van der Waals surface area contributed by atoms with Gasteiger partial charge in [-0.05, 0) is 72.5 Å². The van der Waals surface area contributed by atoms with Gasteiger partial charge in [-0.2, -0.15) is 0 Å². The second-order valence-electron chi connectivity index (χ2n) is 10.6. The molecule has 2 N–H and O–H groups in total. The fraction of sp³-hybridized carbons (Fsp3) is 0.344. The van der Waals surface area contributed by atoms with Crippen molar-refractivity contribution < 1.29 is 33.3 Å². The average molecular weight is 572 g/mol. The van der Waals surface area contributed by atoms with E-state index in [2.05, 4.69) is 10.6 Å². The van der Waals surface area contributed by atoms with Crippen molar-refractivity contribution in [2.24, 2.45) is 0 Å². The maximum atomic E-state index is 13.6. The first-order valence-corrected chi connectivity index (χ1v) is 14.2. The summed E-state index contributed by atoms with van der Waals surface area (Å²) in [7, 11) is 1.49. The van der Waals surface area contributed by atoms with Crippen LogP contribution in [0.2, 0.25) is 0 Å². The lowest BCUT2D eigenvalue weighted by atomic mass is 9.98. The predicted molar refractivity (Wildman–Crippen MR) is 153 cm³/mol. The van der Waals surface area contributed by atoms with Crippen LogP contribution in [0, 0.1) is 0 Å². The number of rotatable bonds is 2. The van der Waals surface area contributed by atoms with E-state index in [9.17, 15) is 14.4 Å². The lowest BCUT2D eigenvalue weighted by molar-refractivity contribution is -0.123. The predicted octanol–water partition coefficient (Wildman–Crippen LogP) is 3.12. The van der Waals surface area contributed by atoms with E-state index in [0.717, 1.165) is 29.7 Å². The van der Waals surface area contributed by atoms with Crippen molar-refractivity contribution in [3.05, 3.63) is 82.9 Å². The molecule has 0 aliphatic carbocycles. The number of aryl methyl sites for hydroxylation is 1. The molecule has 0 saturated carbocycles. The fourth-order valence-electron chi connectivity index (χ4n) is 5.51. The van der Waals surface area contributed by atoms with E-state index in [1.54, 1.807) is 29.2 Å². The summed E-state index contributed by atoms with van der Waals surface area (Å²) in [4.78, 5) is 41.3. The van der Waals surface area contributed by atoms with Crippen LogP contribution in [0.5, 0.6) is 23.0 Å². The quantitative estimate of drug-likeness (QED) is 0.486. The monoisotopic (exact) mass is 571 g/mol. The van der Waals surface area contributed by atoms with Gasteiger partial charge in [0.05, 0.1) is 19.8 Å². The Morgan fingerprint density at radius 1 is 1.00 bits per heavy atom. The minimum absolute atomic E-state index is 0.0962. The first-order chi connectivity index (χ1) is 20.5. The van der Waals surface area contributed by atoms with Crippen LogP contribution in [-0.4, -0.2) is 68.2 Å². The Morgan fingerprint density at radius 3 is 2.69 bits per heavy atom. The third-order valence-corrected chi connectivity index (χ3v) is 7.79. The van der Waals surface area contributed by atoms with Crippen LogP contribution in [0.15, 0.2) is 60.7 Å². The van der Waals surface area contributed by atoms with Crippen molar-refractivity contribution in [3.8, 4) is 23.0 Å². The van der Waals surface area contributed by atoms with Gasteiger partial charge in [0.1, 0.15) is 17.6 Å². The molecule has 7 rings (SSSR count). The fourth-order valence-corrected chi connectivity index (χ4v) is 5.51. The molecular weight excluding hydrogens is 538 g/mol. The van der Waals surface area contributed by atoms with Crippen molar-refractivity contribution in [1.82, 2.24) is 15.5 Å². The Labute approximate surface area is 243 Å². The van der Waals surface area contributed by atoms with Gasteiger partial charge in [-0.3, -0.25) is 14.4 Å². The molecule has 42 heavy (non-hydrogen) atoms. The largest absolute Gasteiger partial charge is 0.493 e. The number of carbonyl (C=O) groups is 3. The van der Waals surface area contributed by atoms with Gasteiger partial charge in [0.25, 0.3) is 17.7 Å². The molecule has 0 unspecified atom stereocenters. The van der Waals surface area contributed by atoms with Gasteiger partial charge in [0.2, 0.25) is 0 Å². The summed E-state index contributed by atoms with van der Waals surface area (Å²) in [5, 5.41) is 5.92. The molecule has 3 aromatic carbocycles. The second kappa shape index (κ2) is 12.0. The Morgan fingerprint density at radius 2 is 1.86 bits per heavy atom. The molecule has 10 nitrogen and oxygen atoms in total. The highest BCUT2D eigenvalue weighted by molar-refractivity contribution is 5.96. The van der Waals surface area contributed by atoms with Gasteiger partial charge in [-0.1, -0.05) is 12.1 Å². The SMILES string of the molecule is COc1ccc2cc1OCC(=O)NCc1ccc(cc1)O[C@@H]1CCN(C(=O)c3ccc4c(c3)CCCO4)C[C@@H]1NC2=O. The number of amides is 3. The second-order valence-corrected chi connectivity index (χ2v) is 10.6. The summed E-state index contributed by atoms with van der Waals surface area (Å²) in [5.74, 6) is 1.39. The molecule has 1 saturated heterocycles. The number of hydrogen-bond acceptors (Lipinski definition) is 7. The number of carbonyl (C=O) groups excluding carboxylic acids is 3. The van der Waals surface area contributed by atoms with Gasteiger partial charge in [0, 0.05) is 37.2 Å². The number of ether oxygens (including phenoxy) is 4. The highest BCUT2D eigenvalue weighted by atomic mass is 16.5. The molecule has 10 heteroatoms. The summed E-state index contributed by atoms with van der Waals surface area (Å²) in [6.45, 7) is 1.54. The van der Waals surface area contributed by atoms with E-state index >= 15 is 0 Å². The molecule has 3 amide bonds. The lowest BCUT2D eigenvalue weighted by Gasteiger charge is -2.39. The maximum absolute atomic E-state index is 13.6. The van der Waals surface area contributed by atoms with E-state index in [1.165, 1.54) is 7.11 Å². The van der Waals surface area contributed by atoms with Crippen LogP contribution in [0.25, 0.3) is 0 Å².